The van der Waals surface area contributed by atoms with Gasteiger partial charge >= 0.3 is 5.97 Å². The Morgan fingerprint density at radius 3 is 2.29 bits per heavy atom. The first-order chi connectivity index (χ1) is 10.1. The summed E-state index contributed by atoms with van der Waals surface area (Å²) >= 11 is 12.3. The molecule has 0 bridgehead atoms. The predicted molar refractivity (Wildman–Crippen MR) is 86.9 cm³/mol. The van der Waals surface area contributed by atoms with Crippen LogP contribution < -0.4 is 0 Å². The number of carbonyl (C=O) groups is 1. The molecule has 21 heavy (non-hydrogen) atoms. The van der Waals surface area contributed by atoms with Crippen molar-refractivity contribution in [3.05, 3.63) is 75.8 Å². The van der Waals surface area contributed by atoms with Gasteiger partial charge in [-0.3, -0.25) is 4.79 Å². The molecule has 2 rings (SSSR count). The van der Waals surface area contributed by atoms with E-state index in [4.69, 9.17) is 28.3 Å². The van der Waals surface area contributed by atoms with Gasteiger partial charge in [0.2, 0.25) is 0 Å². The van der Waals surface area contributed by atoms with Crippen LogP contribution >= 0.6 is 23.2 Å². The molecule has 2 aromatic carbocycles. The highest BCUT2D eigenvalue weighted by Crippen LogP contribution is 2.29. The summed E-state index contributed by atoms with van der Waals surface area (Å²) in [6.07, 6.45) is 3.64. The molecular weight excluding hydrogens is 307 g/mol. The van der Waals surface area contributed by atoms with E-state index >= 15 is 0 Å². The molecule has 0 aliphatic carbocycles. The third-order valence-corrected chi connectivity index (χ3v) is 3.80. The van der Waals surface area contributed by atoms with Gasteiger partial charge in [0, 0.05) is 16.0 Å². The molecule has 0 amide bonds. The SMILES string of the molecule is O=C(O)CC(C=Cc1ccccc1Cl)c1ccccc1Cl. The number of allylic oxidation sites excluding steroid dienone is 1. The van der Waals surface area contributed by atoms with Gasteiger partial charge in [0.05, 0.1) is 6.42 Å². The molecule has 0 fully saturated rings. The molecule has 0 aliphatic rings. The van der Waals surface area contributed by atoms with Gasteiger partial charge in [0.1, 0.15) is 0 Å². The van der Waals surface area contributed by atoms with Gasteiger partial charge in [0.25, 0.3) is 0 Å². The Kier molecular flexibility index (Phi) is 5.43. The Morgan fingerprint density at radius 2 is 1.67 bits per heavy atom. The fourth-order valence-corrected chi connectivity index (χ4v) is 2.55. The standard InChI is InChI=1S/C17H14Cl2O2/c18-15-7-3-1-5-12(15)9-10-13(11-17(20)21)14-6-2-4-8-16(14)19/h1-10,13H,11H2,(H,20,21). The summed E-state index contributed by atoms with van der Waals surface area (Å²) in [7, 11) is 0. The van der Waals surface area contributed by atoms with Gasteiger partial charge in [-0.15, -0.1) is 0 Å². The van der Waals surface area contributed by atoms with Crippen LogP contribution in [0.3, 0.4) is 0 Å². The van der Waals surface area contributed by atoms with E-state index < -0.39 is 5.97 Å². The van der Waals surface area contributed by atoms with E-state index in [0.29, 0.717) is 10.0 Å². The number of hydrogen-bond acceptors (Lipinski definition) is 1. The van der Waals surface area contributed by atoms with Crippen molar-refractivity contribution in [2.75, 3.05) is 0 Å². The van der Waals surface area contributed by atoms with Crippen molar-refractivity contribution < 1.29 is 9.90 Å². The van der Waals surface area contributed by atoms with Gasteiger partial charge in [-0.25, -0.2) is 0 Å². The first-order valence-electron chi connectivity index (χ1n) is 6.47. The number of hydrogen-bond donors (Lipinski definition) is 1. The first kappa shape index (κ1) is 15.6. The fraction of sp³-hybridized carbons (Fsp3) is 0.118. The number of carboxylic acids is 1. The molecule has 0 saturated heterocycles. The van der Waals surface area contributed by atoms with Gasteiger partial charge in [-0.05, 0) is 23.3 Å². The highest BCUT2D eigenvalue weighted by Gasteiger charge is 2.15. The molecule has 2 nitrogen and oxygen atoms in total. The van der Waals surface area contributed by atoms with E-state index in [0.717, 1.165) is 11.1 Å². The molecule has 0 aromatic heterocycles. The average Bonchev–Trinajstić information content (AvgIpc) is 2.45. The Hall–Kier alpha value is -1.77. The van der Waals surface area contributed by atoms with Crippen molar-refractivity contribution in [2.45, 2.75) is 12.3 Å². The predicted octanol–water partition coefficient (Wildman–Crippen LogP) is 5.27. The third-order valence-electron chi connectivity index (χ3n) is 3.11. The van der Waals surface area contributed by atoms with Crippen LogP contribution in [0.25, 0.3) is 6.08 Å². The highest BCUT2D eigenvalue weighted by atomic mass is 35.5. The Bertz CT molecular complexity index is 665. The van der Waals surface area contributed by atoms with Crippen LogP contribution in [0, 0.1) is 0 Å². The van der Waals surface area contributed by atoms with Crippen LogP contribution in [0.15, 0.2) is 54.6 Å². The zero-order valence-electron chi connectivity index (χ0n) is 11.2. The minimum atomic E-state index is -0.872. The zero-order valence-corrected chi connectivity index (χ0v) is 12.7. The van der Waals surface area contributed by atoms with Gasteiger partial charge in [-0.1, -0.05) is 71.8 Å². The van der Waals surface area contributed by atoms with E-state index in [1.807, 2.05) is 48.6 Å². The van der Waals surface area contributed by atoms with Crippen LogP contribution in [0.1, 0.15) is 23.5 Å². The van der Waals surface area contributed by atoms with Crippen LogP contribution in [0.5, 0.6) is 0 Å². The van der Waals surface area contributed by atoms with E-state index in [2.05, 4.69) is 0 Å². The maximum atomic E-state index is 11.1. The van der Waals surface area contributed by atoms with Crippen LogP contribution in [-0.2, 0) is 4.79 Å². The van der Waals surface area contributed by atoms with Crippen molar-refractivity contribution in [2.24, 2.45) is 0 Å². The number of halogens is 2. The Morgan fingerprint density at radius 1 is 1.05 bits per heavy atom. The summed E-state index contributed by atoms with van der Waals surface area (Å²) in [5, 5.41) is 10.3. The summed E-state index contributed by atoms with van der Waals surface area (Å²) < 4.78 is 0. The van der Waals surface area contributed by atoms with Gasteiger partial charge < -0.3 is 5.11 Å². The third kappa shape index (κ3) is 4.35. The Labute approximate surface area is 133 Å². The van der Waals surface area contributed by atoms with E-state index in [-0.39, 0.29) is 12.3 Å². The van der Waals surface area contributed by atoms with E-state index in [1.165, 1.54) is 0 Å². The van der Waals surface area contributed by atoms with Crippen LogP contribution in [0.4, 0.5) is 0 Å². The summed E-state index contributed by atoms with van der Waals surface area (Å²) in [5.74, 6) is -1.17. The van der Waals surface area contributed by atoms with Crippen LogP contribution in [-0.4, -0.2) is 11.1 Å². The summed E-state index contributed by atoms with van der Waals surface area (Å²) in [5.41, 5.74) is 1.64. The van der Waals surface area contributed by atoms with Gasteiger partial charge in [-0.2, -0.15) is 0 Å². The largest absolute Gasteiger partial charge is 0.481 e. The van der Waals surface area contributed by atoms with Gasteiger partial charge in [0.15, 0.2) is 0 Å². The van der Waals surface area contributed by atoms with Crippen molar-refractivity contribution in [3.63, 3.8) is 0 Å². The number of carboxylic acid groups (broad SMARTS) is 1. The molecule has 1 unspecified atom stereocenters. The summed E-state index contributed by atoms with van der Waals surface area (Å²) in [4.78, 5) is 11.1. The lowest BCUT2D eigenvalue weighted by atomic mass is 9.94. The van der Waals surface area contributed by atoms with Crippen molar-refractivity contribution in [1.29, 1.82) is 0 Å². The lowest BCUT2D eigenvalue weighted by Crippen LogP contribution is -2.04. The van der Waals surface area contributed by atoms with E-state index in [9.17, 15) is 4.79 Å². The minimum Gasteiger partial charge on any atom is -0.481 e. The molecule has 4 heteroatoms. The first-order valence-corrected chi connectivity index (χ1v) is 7.22. The summed E-state index contributed by atoms with van der Waals surface area (Å²) in [6, 6.07) is 14.7. The lowest BCUT2D eigenvalue weighted by molar-refractivity contribution is -0.137. The second-order valence-electron chi connectivity index (χ2n) is 4.61. The van der Waals surface area contributed by atoms with Crippen LogP contribution in [0.2, 0.25) is 10.0 Å². The topological polar surface area (TPSA) is 37.3 Å². The fourth-order valence-electron chi connectivity index (χ4n) is 2.08. The second kappa shape index (κ2) is 7.30. The molecule has 0 spiro atoms. The average molecular weight is 321 g/mol. The smallest absolute Gasteiger partial charge is 0.304 e. The molecular formula is C17H14Cl2O2. The molecule has 108 valence electrons. The molecule has 0 aliphatic heterocycles. The zero-order chi connectivity index (χ0) is 15.2. The molecule has 0 radical (unpaired) electrons. The lowest BCUT2D eigenvalue weighted by Gasteiger charge is -2.12. The van der Waals surface area contributed by atoms with Crippen molar-refractivity contribution in [1.82, 2.24) is 0 Å². The monoisotopic (exact) mass is 320 g/mol. The molecule has 1 N–H and O–H groups in total. The van der Waals surface area contributed by atoms with E-state index in [1.54, 1.807) is 12.1 Å². The number of rotatable bonds is 5. The molecule has 1 atom stereocenters. The normalized spacial score (nSPS) is 12.5. The van der Waals surface area contributed by atoms with Crippen molar-refractivity contribution >= 4 is 35.2 Å². The summed E-state index contributed by atoms with van der Waals surface area (Å²) in [6.45, 7) is 0. The number of aliphatic carboxylic acids is 1. The Balaban J connectivity index is 2.31. The maximum absolute atomic E-state index is 11.1. The molecule has 0 heterocycles. The molecule has 2 aromatic rings. The van der Waals surface area contributed by atoms with Crippen molar-refractivity contribution in [3.8, 4) is 0 Å². The second-order valence-corrected chi connectivity index (χ2v) is 5.42. The highest BCUT2D eigenvalue weighted by molar-refractivity contribution is 6.32. The maximum Gasteiger partial charge on any atom is 0.304 e. The number of benzene rings is 2. The minimum absolute atomic E-state index is 0.0231. The molecule has 0 saturated carbocycles. The quantitative estimate of drug-likeness (QED) is 0.815.